The van der Waals surface area contributed by atoms with Gasteiger partial charge in [0, 0.05) is 6.20 Å². The predicted molar refractivity (Wildman–Crippen MR) is 46.9 cm³/mol. The Morgan fingerprint density at radius 1 is 1.27 bits per heavy atom. The first-order valence-electron chi connectivity index (χ1n) is 3.44. The van der Waals surface area contributed by atoms with Crippen LogP contribution in [0, 0.1) is 9.39 Å². The smallest absolute Gasteiger partial charge is 0.250 e. The number of hydrogen-bond donors (Lipinski definition) is 0. The molecule has 0 aromatic carbocycles. The van der Waals surface area contributed by atoms with Crippen molar-refractivity contribution in [3.63, 3.8) is 0 Å². The van der Waals surface area contributed by atoms with Crippen molar-refractivity contribution in [2.45, 2.75) is 12.6 Å². The molecule has 1 aromatic rings. The fourth-order valence-electron chi connectivity index (χ4n) is 0.905. The van der Waals surface area contributed by atoms with Crippen LogP contribution in [0.5, 0.6) is 0 Å². The summed E-state index contributed by atoms with van der Waals surface area (Å²) in [4.78, 5) is 2.78. The lowest BCUT2D eigenvalue weighted by molar-refractivity contribution is -0.143. The normalized spacial score (nSPS) is 12.3. The Morgan fingerprint density at radius 3 is 2.20 bits per heavy atom. The molecule has 0 N–H and O–H groups in total. The minimum absolute atomic E-state index is 0.379. The van der Waals surface area contributed by atoms with E-state index in [2.05, 4.69) is 4.98 Å². The summed E-state index contributed by atoms with van der Waals surface area (Å²) in [6.45, 7) is 0. The third kappa shape index (κ3) is 2.52. The van der Waals surface area contributed by atoms with Crippen LogP contribution in [0.1, 0.15) is 17.7 Å². The summed E-state index contributed by atoms with van der Waals surface area (Å²) in [5.41, 5.74) is -3.58. The number of hydrogen-bond acceptors (Lipinski definition) is 1. The second-order valence-corrected chi connectivity index (χ2v) is 3.64. The number of nitrogens with zero attached hydrogens (tertiary/aromatic N) is 1. The molecule has 0 bridgehead atoms. The first-order valence-corrected chi connectivity index (χ1v) is 4.52. The molecule has 1 nitrogen and oxygen atoms in total. The zero-order chi connectivity index (χ0) is 11.8. The van der Waals surface area contributed by atoms with Gasteiger partial charge in [0.1, 0.15) is 5.82 Å². The average Bonchev–Trinajstić information content (AvgIpc) is 2.06. The van der Waals surface area contributed by atoms with Crippen molar-refractivity contribution in [3.8, 4) is 0 Å². The van der Waals surface area contributed by atoms with E-state index in [1.807, 2.05) is 0 Å². The summed E-state index contributed by atoms with van der Waals surface area (Å²) >= 11 is 1.29. The molecule has 0 saturated heterocycles. The Labute approximate surface area is 93.6 Å². The molecule has 15 heavy (non-hydrogen) atoms. The SMILES string of the molecule is Fc1c(I)cnc(C(F)(F)F)c1C(F)F. The van der Waals surface area contributed by atoms with E-state index in [0.29, 0.717) is 6.20 Å². The molecule has 0 fully saturated rings. The predicted octanol–water partition coefficient (Wildman–Crippen LogP) is 3.78. The maximum absolute atomic E-state index is 13.0. The minimum atomic E-state index is -5.09. The highest BCUT2D eigenvalue weighted by molar-refractivity contribution is 14.1. The summed E-state index contributed by atoms with van der Waals surface area (Å²) in [5.74, 6) is -1.58. The summed E-state index contributed by atoms with van der Waals surface area (Å²) in [5, 5.41) is 0. The largest absolute Gasteiger partial charge is 0.433 e. The summed E-state index contributed by atoms with van der Waals surface area (Å²) in [6.07, 6.45) is -8.08. The number of halogens is 7. The quantitative estimate of drug-likeness (QED) is 0.560. The molecule has 0 aliphatic heterocycles. The Hall–Kier alpha value is -0.540. The van der Waals surface area contributed by atoms with Crippen LogP contribution in [0.15, 0.2) is 6.20 Å². The van der Waals surface area contributed by atoms with Crippen LogP contribution in [-0.2, 0) is 6.18 Å². The molecular formula is C7H2F6IN. The molecule has 1 rings (SSSR count). The highest BCUT2D eigenvalue weighted by Crippen LogP contribution is 2.37. The Kier molecular flexibility index (Phi) is 3.46. The van der Waals surface area contributed by atoms with E-state index in [0.717, 1.165) is 0 Å². The van der Waals surface area contributed by atoms with E-state index < -0.39 is 29.7 Å². The van der Waals surface area contributed by atoms with Crippen molar-refractivity contribution in [3.05, 3.63) is 26.8 Å². The number of alkyl halides is 5. The third-order valence-corrected chi connectivity index (χ3v) is 2.25. The van der Waals surface area contributed by atoms with Gasteiger partial charge in [-0.1, -0.05) is 0 Å². The molecule has 0 amide bonds. The first kappa shape index (κ1) is 12.5. The zero-order valence-electron chi connectivity index (χ0n) is 6.75. The van der Waals surface area contributed by atoms with Gasteiger partial charge in [-0.2, -0.15) is 13.2 Å². The minimum Gasteiger partial charge on any atom is -0.250 e. The van der Waals surface area contributed by atoms with Crippen LogP contribution in [0.4, 0.5) is 26.3 Å². The van der Waals surface area contributed by atoms with Crippen LogP contribution < -0.4 is 0 Å². The molecule has 0 spiro atoms. The van der Waals surface area contributed by atoms with Crippen LogP contribution in [0.3, 0.4) is 0 Å². The molecule has 0 radical (unpaired) electrons. The van der Waals surface area contributed by atoms with E-state index in [-0.39, 0.29) is 3.57 Å². The molecule has 0 unspecified atom stereocenters. The van der Waals surface area contributed by atoms with Gasteiger partial charge in [0.25, 0.3) is 6.43 Å². The lowest BCUT2D eigenvalue weighted by Crippen LogP contribution is -2.14. The molecule has 84 valence electrons. The maximum Gasteiger partial charge on any atom is 0.433 e. The maximum atomic E-state index is 13.0. The highest BCUT2D eigenvalue weighted by Gasteiger charge is 2.39. The summed E-state index contributed by atoms with van der Waals surface area (Å²) in [6, 6.07) is 0. The fraction of sp³-hybridized carbons (Fsp3) is 0.286. The van der Waals surface area contributed by atoms with E-state index in [4.69, 9.17) is 0 Å². The molecule has 0 aliphatic carbocycles. The van der Waals surface area contributed by atoms with Crippen molar-refractivity contribution >= 4 is 22.6 Å². The van der Waals surface area contributed by atoms with Crippen LogP contribution in [-0.4, -0.2) is 4.98 Å². The van der Waals surface area contributed by atoms with Gasteiger partial charge >= 0.3 is 6.18 Å². The van der Waals surface area contributed by atoms with E-state index >= 15 is 0 Å². The average molecular weight is 341 g/mol. The van der Waals surface area contributed by atoms with E-state index in [1.54, 1.807) is 0 Å². The lowest BCUT2D eigenvalue weighted by atomic mass is 10.2. The standard InChI is InChI=1S/C7H2F6IN/c8-4-2(14)1-15-5(7(11,12)13)3(4)6(9)10/h1,6H. The second kappa shape index (κ2) is 4.14. The van der Waals surface area contributed by atoms with E-state index in [1.165, 1.54) is 22.6 Å². The topological polar surface area (TPSA) is 12.9 Å². The van der Waals surface area contributed by atoms with Gasteiger partial charge in [-0.05, 0) is 22.6 Å². The molecule has 0 saturated carbocycles. The molecule has 0 aliphatic rings. The van der Waals surface area contributed by atoms with Crippen LogP contribution in [0.2, 0.25) is 0 Å². The summed E-state index contributed by atoms with van der Waals surface area (Å²) in [7, 11) is 0. The molecular weight excluding hydrogens is 339 g/mol. The van der Waals surface area contributed by atoms with Gasteiger partial charge in [-0.25, -0.2) is 18.2 Å². The Bertz CT molecular complexity index is 374. The van der Waals surface area contributed by atoms with Crippen molar-refractivity contribution < 1.29 is 26.3 Å². The Balaban J connectivity index is 3.47. The van der Waals surface area contributed by atoms with Crippen LogP contribution >= 0.6 is 22.6 Å². The van der Waals surface area contributed by atoms with Crippen molar-refractivity contribution in [1.82, 2.24) is 4.98 Å². The summed E-state index contributed by atoms with van der Waals surface area (Å²) < 4.78 is 73.5. The second-order valence-electron chi connectivity index (χ2n) is 2.48. The Morgan fingerprint density at radius 2 is 1.80 bits per heavy atom. The lowest BCUT2D eigenvalue weighted by Gasteiger charge is -2.12. The molecule has 1 heterocycles. The van der Waals surface area contributed by atoms with Gasteiger partial charge in [-0.3, -0.25) is 0 Å². The molecule has 1 aromatic heterocycles. The fourth-order valence-corrected chi connectivity index (χ4v) is 1.33. The van der Waals surface area contributed by atoms with Gasteiger partial charge in [0.2, 0.25) is 0 Å². The number of aromatic nitrogens is 1. The zero-order valence-corrected chi connectivity index (χ0v) is 8.91. The van der Waals surface area contributed by atoms with Crippen molar-refractivity contribution in [1.29, 1.82) is 0 Å². The molecule has 0 atom stereocenters. The van der Waals surface area contributed by atoms with E-state index in [9.17, 15) is 26.3 Å². The van der Waals surface area contributed by atoms with Crippen LogP contribution in [0.25, 0.3) is 0 Å². The highest BCUT2D eigenvalue weighted by atomic mass is 127. The van der Waals surface area contributed by atoms with Gasteiger partial charge < -0.3 is 0 Å². The van der Waals surface area contributed by atoms with Gasteiger partial charge in [0.15, 0.2) is 5.69 Å². The number of pyridine rings is 1. The third-order valence-electron chi connectivity index (χ3n) is 1.49. The van der Waals surface area contributed by atoms with Crippen molar-refractivity contribution in [2.75, 3.05) is 0 Å². The monoisotopic (exact) mass is 341 g/mol. The molecule has 8 heteroatoms. The number of rotatable bonds is 1. The first-order chi connectivity index (χ1) is 6.75. The van der Waals surface area contributed by atoms with Gasteiger partial charge in [-0.15, -0.1) is 0 Å². The van der Waals surface area contributed by atoms with Gasteiger partial charge in [0.05, 0.1) is 9.13 Å². The van der Waals surface area contributed by atoms with Crippen molar-refractivity contribution in [2.24, 2.45) is 0 Å².